The van der Waals surface area contributed by atoms with Gasteiger partial charge in [0.15, 0.2) is 0 Å². The van der Waals surface area contributed by atoms with Crippen molar-refractivity contribution in [2.75, 3.05) is 0 Å². The summed E-state index contributed by atoms with van der Waals surface area (Å²) < 4.78 is 0.153. The summed E-state index contributed by atoms with van der Waals surface area (Å²) in [7, 11) is 0. The molecule has 0 aromatic carbocycles. The van der Waals surface area contributed by atoms with Crippen LogP contribution in [0.15, 0.2) is 0 Å². The first-order valence-electron chi connectivity index (χ1n) is 3.15. The van der Waals surface area contributed by atoms with Crippen LogP contribution in [0.4, 0.5) is 0 Å². The lowest BCUT2D eigenvalue weighted by molar-refractivity contribution is 0.537. The zero-order valence-electron chi connectivity index (χ0n) is 5.29. The van der Waals surface area contributed by atoms with E-state index in [1.807, 2.05) is 0 Å². The third-order valence-electron chi connectivity index (χ3n) is 1.55. The molecule has 0 heterocycles. The zero-order valence-corrected chi connectivity index (χ0v) is 11.6. The van der Waals surface area contributed by atoms with Crippen LogP contribution in [0.25, 0.3) is 0 Å². The van der Waals surface area contributed by atoms with Gasteiger partial charge in [-0.25, -0.2) is 0 Å². The van der Waals surface area contributed by atoms with Crippen molar-refractivity contribution in [3.05, 3.63) is 0 Å². The van der Waals surface area contributed by atoms with Gasteiger partial charge in [0.2, 0.25) is 0 Å². The summed E-state index contributed by atoms with van der Waals surface area (Å²) in [5.74, 6) is 0. The van der Waals surface area contributed by atoms with Crippen LogP contribution in [0.2, 0.25) is 0 Å². The van der Waals surface area contributed by atoms with Gasteiger partial charge in [0.05, 0.1) is 3.23 Å². The van der Waals surface area contributed by atoms with Crippen molar-refractivity contribution in [1.82, 2.24) is 0 Å². The van der Waals surface area contributed by atoms with Crippen molar-refractivity contribution in [3.8, 4) is 0 Å². The standard InChI is InChI=1S/C6H8Br4/c7-4-1-5(8)3-6(9,10)2-4/h4-5H,1-3H2. The molecule has 60 valence electrons. The molecule has 0 bridgehead atoms. The maximum absolute atomic E-state index is 3.63. The number of hydrogen-bond donors (Lipinski definition) is 0. The molecule has 1 saturated carbocycles. The van der Waals surface area contributed by atoms with Crippen LogP contribution in [0.1, 0.15) is 19.3 Å². The van der Waals surface area contributed by atoms with E-state index in [0.29, 0.717) is 9.65 Å². The lowest BCUT2D eigenvalue weighted by atomic mass is 10.0. The number of hydrogen-bond acceptors (Lipinski definition) is 0. The lowest BCUT2D eigenvalue weighted by Gasteiger charge is -2.32. The number of rotatable bonds is 0. The molecule has 0 saturated heterocycles. The molecule has 4 heteroatoms. The highest BCUT2D eigenvalue weighted by Crippen LogP contribution is 2.45. The Balaban J connectivity index is 2.51. The fraction of sp³-hybridized carbons (Fsp3) is 1.00. The molecule has 0 spiro atoms. The molecular formula is C6H8Br4. The average Bonchev–Trinajstić information content (AvgIpc) is 1.54. The van der Waals surface area contributed by atoms with E-state index >= 15 is 0 Å². The number of halogens is 4. The maximum atomic E-state index is 3.63. The van der Waals surface area contributed by atoms with Crippen LogP contribution in [0.5, 0.6) is 0 Å². The van der Waals surface area contributed by atoms with Crippen molar-refractivity contribution in [2.24, 2.45) is 0 Å². The van der Waals surface area contributed by atoms with E-state index in [0.717, 1.165) is 12.8 Å². The minimum absolute atomic E-state index is 0.153. The molecule has 0 aromatic rings. The topological polar surface area (TPSA) is 0 Å². The summed E-state index contributed by atoms with van der Waals surface area (Å²) in [4.78, 5) is 1.26. The fourth-order valence-electron chi connectivity index (χ4n) is 1.18. The van der Waals surface area contributed by atoms with Gasteiger partial charge >= 0.3 is 0 Å². The lowest BCUT2D eigenvalue weighted by Crippen LogP contribution is -2.29. The molecular weight excluding hydrogens is 392 g/mol. The third kappa shape index (κ3) is 3.11. The van der Waals surface area contributed by atoms with Gasteiger partial charge < -0.3 is 0 Å². The smallest absolute Gasteiger partial charge is 0.0826 e. The van der Waals surface area contributed by atoms with E-state index in [1.54, 1.807) is 0 Å². The summed E-state index contributed by atoms with van der Waals surface area (Å²) in [5.41, 5.74) is 0. The van der Waals surface area contributed by atoms with E-state index < -0.39 is 0 Å². The largest absolute Gasteiger partial charge is 0.0889 e. The highest BCUT2D eigenvalue weighted by molar-refractivity contribution is 9.25. The molecule has 1 fully saturated rings. The Morgan fingerprint density at radius 1 is 1.00 bits per heavy atom. The third-order valence-corrected chi connectivity index (χ3v) is 4.24. The summed E-state index contributed by atoms with van der Waals surface area (Å²) in [5, 5.41) is 0. The van der Waals surface area contributed by atoms with Crippen LogP contribution in [-0.2, 0) is 0 Å². The second-order valence-corrected chi connectivity index (χ2v) is 9.38. The Morgan fingerprint density at radius 3 is 1.70 bits per heavy atom. The van der Waals surface area contributed by atoms with E-state index in [-0.39, 0.29) is 3.23 Å². The van der Waals surface area contributed by atoms with Gasteiger partial charge in [-0.05, 0) is 19.3 Å². The van der Waals surface area contributed by atoms with Crippen molar-refractivity contribution >= 4 is 63.7 Å². The fourth-order valence-corrected chi connectivity index (χ4v) is 6.99. The Bertz CT molecular complexity index is 111. The average molecular weight is 400 g/mol. The van der Waals surface area contributed by atoms with Gasteiger partial charge in [-0.2, -0.15) is 0 Å². The first kappa shape index (κ1) is 10.0. The molecule has 0 radical (unpaired) electrons. The highest BCUT2D eigenvalue weighted by Gasteiger charge is 2.34. The van der Waals surface area contributed by atoms with Crippen molar-refractivity contribution in [2.45, 2.75) is 32.2 Å². The molecule has 1 aliphatic carbocycles. The van der Waals surface area contributed by atoms with Gasteiger partial charge in [-0.3, -0.25) is 0 Å². The molecule has 0 aromatic heterocycles. The van der Waals surface area contributed by atoms with Crippen molar-refractivity contribution in [1.29, 1.82) is 0 Å². The van der Waals surface area contributed by atoms with Gasteiger partial charge in [-0.1, -0.05) is 63.7 Å². The van der Waals surface area contributed by atoms with Gasteiger partial charge in [0, 0.05) is 9.65 Å². The molecule has 10 heavy (non-hydrogen) atoms. The minimum Gasteiger partial charge on any atom is -0.0889 e. The molecule has 0 amide bonds. The molecule has 1 aliphatic rings. The Morgan fingerprint density at radius 2 is 1.40 bits per heavy atom. The molecule has 0 N–H and O–H groups in total. The van der Waals surface area contributed by atoms with E-state index in [9.17, 15) is 0 Å². The summed E-state index contributed by atoms with van der Waals surface area (Å²) in [6.45, 7) is 0. The Hall–Kier alpha value is 1.92. The van der Waals surface area contributed by atoms with Crippen LogP contribution >= 0.6 is 63.7 Å². The zero-order chi connectivity index (χ0) is 7.78. The highest BCUT2D eigenvalue weighted by atomic mass is 79.9. The van der Waals surface area contributed by atoms with Crippen molar-refractivity contribution < 1.29 is 0 Å². The Kier molecular flexibility index (Phi) is 3.76. The van der Waals surface area contributed by atoms with E-state index in [2.05, 4.69) is 63.7 Å². The first-order valence-corrected chi connectivity index (χ1v) is 6.57. The van der Waals surface area contributed by atoms with Gasteiger partial charge in [-0.15, -0.1) is 0 Å². The molecule has 2 unspecified atom stereocenters. The predicted molar refractivity (Wildman–Crippen MR) is 59.9 cm³/mol. The summed E-state index contributed by atoms with van der Waals surface area (Å²) in [6.07, 6.45) is 3.52. The Labute approximate surface area is 95.0 Å². The quantitative estimate of drug-likeness (QED) is 0.536. The molecule has 2 atom stereocenters. The minimum atomic E-state index is 0.153. The monoisotopic (exact) mass is 396 g/mol. The van der Waals surface area contributed by atoms with Crippen LogP contribution < -0.4 is 0 Å². The molecule has 1 rings (SSSR count). The van der Waals surface area contributed by atoms with Crippen LogP contribution in [0.3, 0.4) is 0 Å². The maximum Gasteiger partial charge on any atom is 0.0826 e. The normalized spacial score (nSPS) is 39.6. The molecule has 0 aliphatic heterocycles. The van der Waals surface area contributed by atoms with Gasteiger partial charge in [0.1, 0.15) is 0 Å². The predicted octanol–water partition coefficient (Wildman–Crippen LogP) is 4.18. The first-order chi connectivity index (χ1) is 4.49. The summed E-state index contributed by atoms with van der Waals surface area (Å²) in [6, 6.07) is 0. The second-order valence-electron chi connectivity index (χ2n) is 2.69. The van der Waals surface area contributed by atoms with Gasteiger partial charge in [0.25, 0.3) is 0 Å². The van der Waals surface area contributed by atoms with Crippen LogP contribution in [-0.4, -0.2) is 12.9 Å². The summed E-state index contributed by atoms with van der Waals surface area (Å²) >= 11 is 14.5. The van der Waals surface area contributed by atoms with E-state index in [1.165, 1.54) is 6.42 Å². The number of alkyl halides is 4. The SMILES string of the molecule is BrC1CC(Br)CC(Br)(Br)C1. The van der Waals surface area contributed by atoms with Crippen molar-refractivity contribution in [3.63, 3.8) is 0 Å². The molecule has 0 nitrogen and oxygen atoms in total. The van der Waals surface area contributed by atoms with E-state index in [4.69, 9.17) is 0 Å². The second kappa shape index (κ2) is 3.75. The van der Waals surface area contributed by atoms with Crippen LogP contribution in [0, 0.1) is 0 Å².